The molecule has 0 radical (unpaired) electrons. The molecule has 0 saturated carbocycles. The van der Waals surface area contributed by atoms with Crippen LogP contribution in [-0.2, 0) is 4.79 Å². The van der Waals surface area contributed by atoms with Gasteiger partial charge in [-0.3, -0.25) is 14.5 Å². The van der Waals surface area contributed by atoms with Crippen LogP contribution in [0.5, 0.6) is 0 Å². The van der Waals surface area contributed by atoms with E-state index in [0.717, 1.165) is 43.8 Å². The van der Waals surface area contributed by atoms with Gasteiger partial charge in [0.1, 0.15) is 5.69 Å². The first-order valence-corrected chi connectivity index (χ1v) is 9.58. The predicted molar refractivity (Wildman–Crippen MR) is 94.3 cm³/mol. The van der Waals surface area contributed by atoms with Crippen molar-refractivity contribution in [2.75, 3.05) is 26.7 Å². The van der Waals surface area contributed by atoms with Crippen LogP contribution in [0.4, 0.5) is 0 Å². The second-order valence-electron chi connectivity index (χ2n) is 7.07. The van der Waals surface area contributed by atoms with E-state index in [1.54, 1.807) is 16.8 Å². The molecule has 2 aliphatic heterocycles. The van der Waals surface area contributed by atoms with Crippen molar-refractivity contribution in [1.29, 1.82) is 0 Å². The summed E-state index contributed by atoms with van der Waals surface area (Å²) in [6.45, 7) is 6.74. The first-order chi connectivity index (χ1) is 11.5. The topological polar surface area (TPSA) is 65.5 Å². The average molecular weight is 350 g/mol. The third-order valence-corrected chi connectivity index (χ3v) is 6.17. The number of aromatic nitrogens is 1. The Kier molecular flexibility index (Phi) is 5.20. The molecule has 7 heteroatoms. The van der Waals surface area contributed by atoms with Crippen LogP contribution in [0.2, 0.25) is 0 Å². The van der Waals surface area contributed by atoms with Crippen molar-refractivity contribution in [3.8, 4) is 0 Å². The molecule has 1 aromatic rings. The van der Waals surface area contributed by atoms with Crippen molar-refractivity contribution in [2.24, 2.45) is 0 Å². The number of nitrogens with zero attached hydrogens (tertiary/aromatic N) is 3. The Morgan fingerprint density at radius 3 is 2.58 bits per heavy atom. The third kappa shape index (κ3) is 3.47. The summed E-state index contributed by atoms with van der Waals surface area (Å²) >= 11 is 1.54. The number of likely N-dealkylation sites (tertiary alicyclic amines) is 2. The SMILES string of the molecule is CC(C)c1scnc1C(=O)NC1CCN([C@@H]2CCN(C)C2=O)CC1. The van der Waals surface area contributed by atoms with E-state index in [-0.39, 0.29) is 23.9 Å². The Labute approximate surface area is 147 Å². The second-order valence-corrected chi connectivity index (χ2v) is 7.95. The van der Waals surface area contributed by atoms with Gasteiger partial charge < -0.3 is 10.2 Å². The van der Waals surface area contributed by atoms with Crippen LogP contribution in [-0.4, -0.2) is 65.4 Å². The minimum atomic E-state index is -0.0601. The van der Waals surface area contributed by atoms with E-state index in [1.165, 1.54) is 0 Å². The summed E-state index contributed by atoms with van der Waals surface area (Å²) in [5.41, 5.74) is 2.32. The summed E-state index contributed by atoms with van der Waals surface area (Å²) in [7, 11) is 1.87. The van der Waals surface area contributed by atoms with E-state index in [1.807, 2.05) is 11.9 Å². The molecule has 2 fully saturated rings. The summed E-state index contributed by atoms with van der Waals surface area (Å²) in [6.07, 6.45) is 2.70. The van der Waals surface area contributed by atoms with Crippen LogP contribution >= 0.6 is 11.3 Å². The molecule has 1 aromatic heterocycles. The Hall–Kier alpha value is -1.47. The maximum atomic E-state index is 12.5. The van der Waals surface area contributed by atoms with Gasteiger partial charge in [0.2, 0.25) is 5.91 Å². The van der Waals surface area contributed by atoms with Crippen LogP contribution in [0.1, 0.15) is 54.4 Å². The highest BCUT2D eigenvalue weighted by Crippen LogP contribution is 2.24. The Morgan fingerprint density at radius 2 is 2.00 bits per heavy atom. The number of thiazole rings is 1. The summed E-state index contributed by atoms with van der Waals surface area (Å²) in [6, 6.07) is 0.211. The second kappa shape index (κ2) is 7.19. The molecule has 0 bridgehead atoms. The fourth-order valence-corrected chi connectivity index (χ4v) is 4.39. The van der Waals surface area contributed by atoms with Gasteiger partial charge in [-0.15, -0.1) is 11.3 Å². The number of likely N-dealkylation sites (N-methyl/N-ethyl adjacent to an activating group) is 1. The molecule has 3 heterocycles. The number of hydrogen-bond acceptors (Lipinski definition) is 5. The zero-order valence-corrected chi connectivity index (χ0v) is 15.4. The summed E-state index contributed by atoms with van der Waals surface area (Å²) in [5.74, 6) is 0.488. The lowest BCUT2D eigenvalue weighted by Crippen LogP contribution is -2.50. The van der Waals surface area contributed by atoms with E-state index >= 15 is 0 Å². The molecule has 3 rings (SSSR count). The van der Waals surface area contributed by atoms with Crippen molar-refractivity contribution in [1.82, 2.24) is 20.1 Å². The van der Waals surface area contributed by atoms with Gasteiger partial charge in [0.15, 0.2) is 0 Å². The van der Waals surface area contributed by atoms with Crippen molar-refractivity contribution in [3.05, 3.63) is 16.1 Å². The molecule has 132 valence electrons. The fourth-order valence-electron chi connectivity index (χ4n) is 3.59. The number of amides is 2. The smallest absolute Gasteiger partial charge is 0.271 e. The molecule has 0 aromatic carbocycles. The van der Waals surface area contributed by atoms with Crippen molar-refractivity contribution < 1.29 is 9.59 Å². The van der Waals surface area contributed by atoms with Crippen LogP contribution < -0.4 is 5.32 Å². The van der Waals surface area contributed by atoms with Crippen LogP contribution in [0.15, 0.2) is 5.51 Å². The fraction of sp³-hybridized carbons (Fsp3) is 0.706. The molecule has 1 atom stereocenters. The number of hydrogen-bond donors (Lipinski definition) is 1. The molecular formula is C17H26N4O2S. The number of carbonyl (C=O) groups excluding carboxylic acids is 2. The van der Waals surface area contributed by atoms with Crippen molar-refractivity contribution in [2.45, 2.75) is 51.1 Å². The number of carbonyl (C=O) groups is 2. The Bertz CT molecular complexity index is 607. The van der Waals surface area contributed by atoms with Gasteiger partial charge >= 0.3 is 0 Å². The molecule has 1 N–H and O–H groups in total. The van der Waals surface area contributed by atoms with E-state index in [2.05, 4.69) is 29.0 Å². The molecule has 0 spiro atoms. The molecule has 2 amide bonds. The third-order valence-electron chi connectivity index (χ3n) is 5.04. The molecule has 2 saturated heterocycles. The van der Waals surface area contributed by atoms with Crippen molar-refractivity contribution in [3.63, 3.8) is 0 Å². The summed E-state index contributed by atoms with van der Waals surface area (Å²) in [5, 5.41) is 3.13. The minimum Gasteiger partial charge on any atom is -0.348 e. The zero-order chi connectivity index (χ0) is 17.3. The Balaban J connectivity index is 1.53. The molecule has 0 aliphatic carbocycles. The largest absolute Gasteiger partial charge is 0.348 e. The quantitative estimate of drug-likeness (QED) is 0.897. The highest BCUT2D eigenvalue weighted by Gasteiger charge is 2.36. The van der Waals surface area contributed by atoms with Gasteiger partial charge in [0, 0.05) is 37.6 Å². The van der Waals surface area contributed by atoms with Gasteiger partial charge in [-0.1, -0.05) is 13.8 Å². The molecule has 6 nitrogen and oxygen atoms in total. The number of nitrogens with one attached hydrogen (secondary N) is 1. The molecule has 2 aliphatic rings. The summed E-state index contributed by atoms with van der Waals surface area (Å²) < 4.78 is 0. The van der Waals surface area contributed by atoms with Gasteiger partial charge in [0.05, 0.1) is 11.6 Å². The first kappa shape index (κ1) is 17.4. The summed E-state index contributed by atoms with van der Waals surface area (Å²) in [4.78, 5) is 34.0. The van der Waals surface area contributed by atoms with E-state index in [4.69, 9.17) is 0 Å². The number of rotatable bonds is 4. The van der Waals surface area contributed by atoms with Gasteiger partial charge in [-0.05, 0) is 25.2 Å². The highest BCUT2D eigenvalue weighted by molar-refractivity contribution is 7.10. The normalized spacial score (nSPS) is 23.2. The van der Waals surface area contributed by atoms with E-state index < -0.39 is 0 Å². The predicted octanol–water partition coefficient (Wildman–Crippen LogP) is 1.69. The van der Waals surface area contributed by atoms with Gasteiger partial charge in [0.25, 0.3) is 5.91 Å². The maximum absolute atomic E-state index is 12.5. The standard InChI is InChI=1S/C17H26N4O2S/c1-11(2)15-14(18-10-24-15)16(22)19-12-4-8-21(9-5-12)13-6-7-20(3)17(13)23/h10-13H,4-9H2,1-3H3,(H,19,22)/t13-/m1/s1. The molecule has 24 heavy (non-hydrogen) atoms. The lowest BCUT2D eigenvalue weighted by molar-refractivity contribution is -0.131. The van der Waals surface area contributed by atoms with Crippen LogP contribution in [0, 0.1) is 0 Å². The monoisotopic (exact) mass is 350 g/mol. The lowest BCUT2D eigenvalue weighted by Gasteiger charge is -2.35. The molecule has 0 unspecified atom stereocenters. The first-order valence-electron chi connectivity index (χ1n) is 8.70. The number of piperidine rings is 1. The lowest BCUT2D eigenvalue weighted by atomic mass is 10.0. The van der Waals surface area contributed by atoms with E-state index in [9.17, 15) is 9.59 Å². The average Bonchev–Trinajstić information content (AvgIpc) is 3.17. The molecular weight excluding hydrogens is 324 g/mol. The van der Waals surface area contributed by atoms with Crippen LogP contribution in [0.3, 0.4) is 0 Å². The maximum Gasteiger partial charge on any atom is 0.271 e. The zero-order valence-electron chi connectivity index (χ0n) is 14.6. The van der Waals surface area contributed by atoms with E-state index in [0.29, 0.717) is 11.6 Å². The Morgan fingerprint density at radius 1 is 1.29 bits per heavy atom. The van der Waals surface area contributed by atoms with Gasteiger partial charge in [-0.25, -0.2) is 4.98 Å². The van der Waals surface area contributed by atoms with Crippen molar-refractivity contribution >= 4 is 23.2 Å². The van der Waals surface area contributed by atoms with Crippen LogP contribution in [0.25, 0.3) is 0 Å². The van der Waals surface area contributed by atoms with Gasteiger partial charge in [-0.2, -0.15) is 0 Å². The minimum absolute atomic E-state index is 0.0396. The highest BCUT2D eigenvalue weighted by atomic mass is 32.1.